The number of hydrogen-bond donors (Lipinski definition) is 0. The van der Waals surface area contributed by atoms with Crippen molar-refractivity contribution >= 4 is 10.1 Å². The van der Waals surface area contributed by atoms with Crippen LogP contribution in [0.5, 0.6) is 0 Å². The van der Waals surface area contributed by atoms with Gasteiger partial charge in [-0.25, -0.2) is 17.6 Å². The largest absolute Gasteiger partial charge is 0.303 e. The van der Waals surface area contributed by atoms with E-state index in [1.165, 1.54) is 32.1 Å². The maximum atomic E-state index is 13.8. The lowest BCUT2D eigenvalue weighted by Gasteiger charge is -2.10. The molecule has 0 aliphatic heterocycles. The van der Waals surface area contributed by atoms with Gasteiger partial charge in [-0.15, -0.1) is 0 Å². The van der Waals surface area contributed by atoms with E-state index in [4.69, 9.17) is 0 Å². The molecule has 1 aromatic rings. The highest BCUT2D eigenvalue weighted by Crippen LogP contribution is 2.28. The topological polar surface area (TPSA) is 43.4 Å². The fourth-order valence-electron chi connectivity index (χ4n) is 2.76. The van der Waals surface area contributed by atoms with E-state index < -0.39 is 43.8 Å². The summed E-state index contributed by atoms with van der Waals surface area (Å²) >= 11 is 0. The number of benzene rings is 1. The smallest absolute Gasteiger partial charge is 0.266 e. The molecule has 0 aromatic heterocycles. The van der Waals surface area contributed by atoms with Gasteiger partial charge in [0.1, 0.15) is 0 Å². The molecule has 0 N–H and O–H groups in total. The third-order valence-electron chi connectivity index (χ3n) is 4.43. The van der Waals surface area contributed by atoms with Gasteiger partial charge in [-0.2, -0.15) is 8.42 Å². The lowest BCUT2D eigenvalue weighted by molar-refractivity contribution is 0.298. The molecule has 0 amide bonds. The van der Waals surface area contributed by atoms with Crippen LogP contribution >= 0.6 is 0 Å². The van der Waals surface area contributed by atoms with Crippen LogP contribution in [0.3, 0.4) is 0 Å². The minimum Gasteiger partial charge on any atom is -0.266 e. The van der Waals surface area contributed by atoms with Crippen molar-refractivity contribution in [1.82, 2.24) is 0 Å². The van der Waals surface area contributed by atoms with E-state index in [-0.39, 0.29) is 6.61 Å². The second-order valence-corrected chi connectivity index (χ2v) is 8.22. The van der Waals surface area contributed by atoms with Crippen LogP contribution < -0.4 is 0 Å². The molecule has 0 unspecified atom stereocenters. The van der Waals surface area contributed by atoms with Crippen molar-refractivity contribution in [2.75, 3.05) is 6.61 Å². The SMILES string of the molecule is CCCCCCCCCCCCOS(=O)(=O)c1c(F)c(F)c(C)c(F)c1F. The second kappa shape index (κ2) is 11.6. The molecule has 8 heteroatoms. The Hall–Kier alpha value is -1.15. The van der Waals surface area contributed by atoms with Crippen LogP contribution in [-0.4, -0.2) is 15.0 Å². The first-order valence-electron chi connectivity index (χ1n) is 9.46. The summed E-state index contributed by atoms with van der Waals surface area (Å²) in [4.78, 5) is -1.71. The normalized spacial score (nSPS) is 11.9. The molecule has 0 atom stereocenters. The van der Waals surface area contributed by atoms with Crippen LogP contribution in [0.15, 0.2) is 4.90 Å². The molecule has 0 saturated carbocycles. The molecule has 0 aliphatic carbocycles. The van der Waals surface area contributed by atoms with Gasteiger partial charge >= 0.3 is 10.1 Å². The molecule has 0 bridgehead atoms. The van der Waals surface area contributed by atoms with Gasteiger partial charge < -0.3 is 0 Å². The molecule has 0 spiro atoms. The first kappa shape index (κ1) is 23.9. The molecule has 0 heterocycles. The highest BCUT2D eigenvalue weighted by molar-refractivity contribution is 7.86. The Bertz CT molecular complexity index is 676. The molecular formula is C19H28F4O3S. The fourth-order valence-corrected chi connectivity index (χ4v) is 3.83. The summed E-state index contributed by atoms with van der Waals surface area (Å²) < 4.78 is 83.0. The Morgan fingerprint density at radius 1 is 0.704 bits per heavy atom. The molecule has 0 fully saturated rings. The van der Waals surface area contributed by atoms with Gasteiger partial charge in [0.25, 0.3) is 0 Å². The fraction of sp³-hybridized carbons (Fsp3) is 0.684. The number of unbranched alkanes of at least 4 members (excludes halogenated alkanes) is 9. The monoisotopic (exact) mass is 412 g/mol. The van der Waals surface area contributed by atoms with Crippen molar-refractivity contribution in [3.05, 3.63) is 28.8 Å². The molecular weight excluding hydrogens is 384 g/mol. The summed E-state index contributed by atoms with van der Waals surface area (Å²) in [6.45, 7) is 2.68. The standard InChI is InChI=1S/C19H28F4O3S/c1-3-4-5-6-7-8-9-10-11-12-13-26-27(24,25)19-17(22)15(20)14(2)16(21)18(19)23/h3-13H2,1-2H3. The minimum absolute atomic E-state index is 0.297. The molecule has 3 nitrogen and oxygen atoms in total. The molecule has 156 valence electrons. The minimum atomic E-state index is -4.92. The average molecular weight is 412 g/mol. The van der Waals surface area contributed by atoms with Crippen molar-refractivity contribution in [2.45, 2.75) is 83.0 Å². The number of hydrogen-bond acceptors (Lipinski definition) is 3. The highest BCUT2D eigenvalue weighted by atomic mass is 32.2. The van der Waals surface area contributed by atoms with Gasteiger partial charge in [0.15, 0.2) is 28.2 Å². The Kier molecular flexibility index (Phi) is 10.3. The van der Waals surface area contributed by atoms with E-state index >= 15 is 0 Å². The number of rotatable bonds is 13. The van der Waals surface area contributed by atoms with Gasteiger partial charge in [0.05, 0.1) is 6.61 Å². The van der Waals surface area contributed by atoms with Gasteiger partial charge in [0.2, 0.25) is 0 Å². The van der Waals surface area contributed by atoms with Crippen LogP contribution in [0, 0.1) is 30.2 Å². The highest BCUT2D eigenvalue weighted by Gasteiger charge is 2.32. The molecule has 0 saturated heterocycles. The van der Waals surface area contributed by atoms with Crippen LogP contribution in [0.4, 0.5) is 17.6 Å². The molecule has 1 rings (SSSR count). The molecule has 0 radical (unpaired) electrons. The number of halogens is 4. The van der Waals surface area contributed by atoms with Gasteiger partial charge in [-0.05, 0) is 13.3 Å². The second-order valence-electron chi connectivity index (χ2n) is 6.67. The van der Waals surface area contributed by atoms with Gasteiger partial charge in [-0.3, -0.25) is 4.18 Å². The summed E-state index contributed by atoms with van der Waals surface area (Å²) in [5.74, 6) is -7.41. The summed E-state index contributed by atoms with van der Waals surface area (Å²) in [6.07, 6.45) is 10.2. The van der Waals surface area contributed by atoms with Gasteiger partial charge in [-0.1, -0.05) is 64.7 Å². The van der Waals surface area contributed by atoms with E-state index in [1.807, 2.05) is 0 Å². The Morgan fingerprint density at radius 2 is 1.11 bits per heavy atom. The zero-order valence-electron chi connectivity index (χ0n) is 15.9. The maximum Gasteiger partial charge on any atom is 0.303 e. The summed E-state index contributed by atoms with van der Waals surface area (Å²) in [5, 5.41) is 0. The average Bonchev–Trinajstić information content (AvgIpc) is 2.62. The van der Waals surface area contributed by atoms with Crippen LogP contribution in [0.1, 0.15) is 76.7 Å². The zero-order chi connectivity index (χ0) is 20.4. The molecule has 0 aliphatic rings. The van der Waals surface area contributed by atoms with Crippen LogP contribution in [0.25, 0.3) is 0 Å². The van der Waals surface area contributed by atoms with E-state index in [0.717, 1.165) is 26.2 Å². The van der Waals surface area contributed by atoms with E-state index in [1.54, 1.807) is 0 Å². The zero-order valence-corrected chi connectivity index (χ0v) is 16.7. The maximum absolute atomic E-state index is 13.8. The third-order valence-corrected chi connectivity index (χ3v) is 5.76. The molecule has 1 aromatic carbocycles. The van der Waals surface area contributed by atoms with Crippen LogP contribution in [-0.2, 0) is 14.3 Å². The van der Waals surface area contributed by atoms with Crippen molar-refractivity contribution in [1.29, 1.82) is 0 Å². The van der Waals surface area contributed by atoms with E-state index in [9.17, 15) is 26.0 Å². The van der Waals surface area contributed by atoms with Gasteiger partial charge in [0, 0.05) is 5.56 Å². The predicted molar refractivity (Wildman–Crippen MR) is 96.0 cm³/mol. The summed E-state index contributed by atoms with van der Waals surface area (Å²) in [5.41, 5.74) is -0.918. The third kappa shape index (κ3) is 7.07. The summed E-state index contributed by atoms with van der Waals surface area (Å²) in [6, 6.07) is 0. The van der Waals surface area contributed by atoms with E-state index in [2.05, 4.69) is 11.1 Å². The van der Waals surface area contributed by atoms with Crippen molar-refractivity contribution < 1.29 is 30.2 Å². The first-order valence-corrected chi connectivity index (χ1v) is 10.9. The van der Waals surface area contributed by atoms with Crippen LogP contribution in [0.2, 0.25) is 0 Å². The van der Waals surface area contributed by atoms with Crippen molar-refractivity contribution in [3.63, 3.8) is 0 Å². The van der Waals surface area contributed by atoms with Crippen molar-refractivity contribution in [3.8, 4) is 0 Å². The lowest BCUT2D eigenvalue weighted by atomic mass is 10.1. The Balaban J connectivity index is 2.41. The van der Waals surface area contributed by atoms with Crippen molar-refractivity contribution in [2.24, 2.45) is 0 Å². The Morgan fingerprint density at radius 3 is 1.56 bits per heavy atom. The first-order chi connectivity index (χ1) is 12.7. The lowest BCUT2D eigenvalue weighted by Crippen LogP contribution is -2.15. The Labute approximate surface area is 159 Å². The summed E-state index contributed by atoms with van der Waals surface area (Å²) in [7, 11) is -4.92. The molecule has 27 heavy (non-hydrogen) atoms. The predicted octanol–water partition coefficient (Wildman–Crippen LogP) is 6.18. The quantitative estimate of drug-likeness (QED) is 0.168. The van der Waals surface area contributed by atoms with E-state index in [0.29, 0.717) is 12.8 Å².